The first-order valence-corrected chi connectivity index (χ1v) is 8.87. The van der Waals surface area contributed by atoms with Gasteiger partial charge in [0.15, 0.2) is 0 Å². The van der Waals surface area contributed by atoms with Crippen LogP contribution >= 0.6 is 11.3 Å². The minimum atomic E-state index is 0.0662. The molecule has 0 saturated carbocycles. The number of ether oxygens (including phenoxy) is 1. The van der Waals surface area contributed by atoms with Crippen LogP contribution in [0, 0.1) is 13.8 Å². The highest BCUT2D eigenvalue weighted by atomic mass is 32.1. The van der Waals surface area contributed by atoms with E-state index >= 15 is 0 Å². The molecule has 1 aromatic heterocycles. The lowest BCUT2D eigenvalue weighted by Crippen LogP contribution is -2.24. The lowest BCUT2D eigenvalue weighted by Gasteiger charge is -2.14. The highest BCUT2D eigenvalue weighted by Gasteiger charge is 2.26. The fourth-order valence-electron chi connectivity index (χ4n) is 3.23. The largest absolute Gasteiger partial charge is 0.488 e. The van der Waals surface area contributed by atoms with Gasteiger partial charge in [-0.05, 0) is 36.6 Å². The zero-order valence-electron chi connectivity index (χ0n) is 13.7. The Balaban J connectivity index is 1.90. The van der Waals surface area contributed by atoms with E-state index in [0.717, 1.165) is 38.9 Å². The van der Waals surface area contributed by atoms with Gasteiger partial charge < -0.3 is 10.5 Å². The molecule has 2 aromatic carbocycles. The number of fused-ring (bicyclic) bond motifs is 1. The van der Waals surface area contributed by atoms with Crippen molar-refractivity contribution >= 4 is 11.3 Å². The fraction of sp³-hybridized carbons (Fsp3) is 0.263. The van der Waals surface area contributed by atoms with E-state index in [4.69, 9.17) is 10.5 Å². The Kier molecular flexibility index (Phi) is 3.82. The summed E-state index contributed by atoms with van der Waals surface area (Å²) in [6.07, 6.45) is 0.942. The average molecular weight is 337 g/mol. The summed E-state index contributed by atoms with van der Waals surface area (Å²) in [7, 11) is 0. The second-order valence-corrected chi connectivity index (χ2v) is 7.33. The van der Waals surface area contributed by atoms with E-state index in [1.54, 1.807) is 11.3 Å². The molecule has 1 aliphatic rings. The van der Waals surface area contributed by atoms with Crippen molar-refractivity contribution in [2.24, 2.45) is 5.73 Å². The van der Waals surface area contributed by atoms with Crippen molar-refractivity contribution in [1.82, 2.24) is 10.2 Å². The van der Waals surface area contributed by atoms with Gasteiger partial charge in [0.05, 0.1) is 0 Å². The highest BCUT2D eigenvalue weighted by Crippen LogP contribution is 2.43. The molecule has 4 rings (SSSR count). The predicted octanol–water partition coefficient (Wildman–Crippen LogP) is 3.75. The van der Waals surface area contributed by atoms with Crippen LogP contribution in [0.25, 0.3) is 21.7 Å². The molecule has 0 spiro atoms. The van der Waals surface area contributed by atoms with Crippen LogP contribution in [-0.2, 0) is 6.42 Å². The molecule has 0 amide bonds. The first-order valence-electron chi connectivity index (χ1n) is 8.06. The molecule has 3 aromatic rings. The number of aryl methyl sites for hydroxylation is 2. The number of nitrogens with two attached hydrogens (primary N) is 1. The van der Waals surface area contributed by atoms with Gasteiger partial charge in [-0.25, -0.2) is 0 Å². The molecule has 1 aliphatic heterocycles. The zero-order valence-corrected chi connectivity index (χ0v) is 14.6. The molecule has 24 heavy (non-hydrogen) atoms. The topological polar surface area (TPSA) is 61.0 Å². The third-order valence-corrected chi connectivity index (χ3v) is 5.15. The lowest BCUT2D eigenvalue weighted by atomic mass is 9.95. The highest BCUT2D eigenvalue weighted by molar-refractivity contribution is 7.14. The quantitative estimate of drug-likeness (QED) is 0.791. The van der Waals surface area contributed by atoms with Crippen molar-refractivity contribution in [1.29, 1.82) is 0 Å². The third-order valence-electron chi connectivity index (χ3n) is 4.28. The smallest absolute Gasteiger partial charge is 0.148 e. The minimum Gasteiger partial charge on any atom is -0.488 e. The van der Waals surface area contributed by atoms with Crippen LogP contribution in [0.2, 0.25) is 0 Å². The van der Waals surface area contributed by atoms with Crippen molar-refractivity contribution in [3.05, 3.63) is 52.5 Å². The van der Waals surface area contributed by atoms with Gasteiger partial charge in [-0.3, -0.25) is 0 Å². The summed E-state index contributed by atoms with van der Waals surface area (Å²) in [5, 5.41) is 10.4. The number of hydrogen-bond acceptors (Lipinski definition) is 5. The monoisotopic (exact) mass is 337 g/mol. The maximum Gasteiger partial charge on any atom is 0.148 e. The molecule has 4 nitrogen and oxygen atoms in total. The molecule has 2 heterocycles. The summed E-state index contributed by atoms with van der Waals surface area (Å²) in [5.41, 5.74) is 11.6. The van der Waals surface area contributed by atoms with E-state index in [1.807, 2.05) is 13.0 Å². The molecular weight excluding hydrogens is 318 g/mol. The van der Waals surface area contributed by atoms with Crippen molar-refractivity contribution in [3.8, 4) is 27.4 Å². The number of nitrogens with zero attached hydrogens (tertiary/aromatic N) is 2. The predicted molar refractivity (Wildman–Crippen MR) is 97.4 cm³/mol. The Hall–Kier alpha value is -2.24. The van der Waals surface area contributed by atoms with Crippen LogP contribution < -0.4 is 10.5 Å². The second kappa shape index (κ2) is 6.00. The first kappa shape index (κ1) is 15.3. The number of rotatable bonds is 3. The van der Waals surface area contributed by atoms with Crippen LogP contribution in [0.4, 0.5) is 0 Å². The van der Waals surface area contributed by atoms with Crippen LogP contribution in [-0.4, -0.2) is 22.8 Å². The number of benzene rings is 2. The number of hydrogen-bond donors (Lipinski definition) is 1. The van der Waals surface area contributed by atoms with Gasteiger partial charge in [0.2, 0.25) is 0 Å². The van der Waals surface area contributed by atoms with Crippen molar-refractivity contribution in [2.75, 3.05) is 6.54 Å². The van der Waals surface area contributed by atoms with Gasteiger partial charge in [0.25, 0.3) is 0 Å². The first-order chi connectivity index (χ1) is 11.7. The van der Waals surface area contributed by atoms with Crippen LogP contribution in [0.3, 0.4) is 0 Å². The van der Waals surface area contributed by atoms with Gasteiger partial charge >= 0.3 is 0 Å². The van der Waals surface area contributed by atoms with E-state index in [-0.39, 0.29) is 6.10 Å². The van der Waals surface area contributed by atoms with Crippen molar-refractivity contribution < 1.29 is 4.74 Å². The summed E-state index contributed by atoms with van der Waals surface area (Å²) < 4.78 is 6.14. The van der Waals surface area contributed by atoms with Crippen LogP contribution in [0.1, 0.15) is 16.1 Å². The number of aromatic nitrogens is 2. The maximum atomic E-state index is 6.14. The third kappa shape index (κ3) is 2.60. The summed E-state index contributed by atoms with van der Waals surface area (Å²) in [6, 6.07) is 12.7. The average Bonchev–Trinajstić information content (AvgIpc) is 3.20. The molecule has 2 N–H and O–H groups in total. The maximum absolute atomic E-state index is 6.14. The molecule has 0 saturated heterocycles. The molecule has 122 valence electrons. The van der Waals surface area contributed by atoms with E-state index < -0.39 is 0 Å². The molecule has 1 atom stereocenters. The molecule has 0 fully saturated rings. The van der Waals surface area contributed by atoms with Gasteiger partial charge in [-0.2, -0.15) is 0 Å². The van der Waals surface area contributed by atoms with Crippen LogP contribution in [0.5, 0.6) is 5.75 Å². The summed E-state index contributed by atoms with van der Waals surface area (Å²) in [4.78, 5) is 0. The summed E-state index contributed by atoms with van der Waals surface area (Å²) in [6.45, 7) is 4.63. The Morgan fingerprint density at radius 2 is 1.92 bits per heavy atom. The normalized spacial score (nSPS) is 16.0. The molecular formula is C19H19N3OS. The van der Waals surface area contributed by atoms with Crippen molar-refractivity contribution in [2.45, 2.75) is 26.4 Å². The zero-order chi connectivity index (χ0) is 16.7. The SMILES string of the molecule is Cc1cc2c(c(-c3ccccc3-c3nnc(C)s3)c1)O[C@@H](CN)C2. The Morgan fingerprint density at radius 3 is 2.62 bits per heavy atom. The fourth-order valence-corrected chi connectivity index (χ4v) is 3.97. The molecule has 0 aliphatic carbocycles. The van der Waals surface area contributed by atoms with Gasteiger partial charge in [-0.1, -0.05) is 41.7 Å². The lowest BCUT2D eigenvalue weighted by molar-refractivity contribution is 0.242. The van der Waals surface area contributed by atoms with E-state index in [9.17, 15) is 0 Å². The Morgan fingerprint density at radius 1 is 1.12 bits per heavy atom. The van der Waals surface area contributed by atoms with E-state index in [1.165, 1.54) is 11.1 Å². The van der Waals surface area contributed by atoms with E-state index in [2.05, 4.69) is 47.5 Å². The minimum absolute atomic E-state index is 0.0662. The summed E-state index contributed by atoms with van der Waals surface area (Å²) >= 11 is 1.61. The van der Waals surface area contributed by atoms with Gasteiger partial charge in [0, 0.05) is 24.1 Å². The van der Waals surface area contributed by atoms with Crippen molar-refractivity contribution in [3.63, 3.8) is 0 Å². The standard InChI is InChI=1S/C19H19N3OS/c1-11-7-13-9-14(10-20)23-18(13)17(8-11)15-5-3-4-6-16(15)19-22-21-12(2)24-19/h3-8,14H,9-10,20H2,1-2H3/t14-/m1/s1. The van der Waals surface area contributed by atoms with Gasteiger partial charge in [0.1, 0.15) is 21.9 Å². The Bertz CT molecular complexity index is 903. The molecule has 0 radical (unpaired) electrons. The van der Waals surface area contributed by atoms with Crippen LogP contribution in [0.15, 0.2) is 36.4 Å². The molecule has 0 bridgehead atoms. The van der Waals surface area contributed by atoms with Gasteiger partial charge in [-0.15, -0.1) is 10.2 Å². The molecule has 0 unspecified atom stereocenters. The van der Waals surface area contributed by atoms with E-state index in [0.29, 0.717) is 6.54 Å². The molecule has 5 heteroatoms. The Labute approximate surface area is 145 Å². The summed E-state index contributed by atoms with van der Waals surface area (Å²) in [5.74, 6) is 0.963. The second-order valence-electron chi connectivity index (χ2n) is 6.15.